The Bertz CT molecular complexity index is 395. The second kappa shape index (κ2) is 5.13. The third-order valence-electron chi connectivity index (χ3n) is 2.06. The number of nitriles is 1. The largest absolute Gasteiger partial charge is 0.314 e. The van der Waals surface area contributed by atoms with Crippen molar-refractivity contribution < 1.29 is 4.79 Å². The van der Waals surface area contributed by atoms with Crippen LogP contribution >= 0.6 is 0 Å². The van der Waals surface area contributed by atoms with Gasteiger partial charge in [-0.25, -0.2) is 0 Å². The van der Waals surface area contributed by atoms with Crippen molar-refractivity contribution in [1.82, 2.24) is 5.32 Å². The number of rotatable bonds is 3. The predicted molar refractivity (Wildman–Crippen MR) is 58.5 cm³/mol. The lowest BCUT2D eigenvalue weighted by Crippen LogP contribution is -2.34. The molecular formula is C11H13N3O. The minimum Gasteiger partial charge on any atom is -0.314 e. The molecule has 0 unspecified atom stereocenters. The third-order valence-corrected chi connectivity index (χ3v) is 2.06. The fourth-order valence-corrected chi connectivity index (χ4v) is 1.20. The fraction of sp³-hybridized carbons (Fsp3) is 0.273. The van der Waals surface area contributed by atoms with Crippen molar-refractivity contribution in [1.29, 1.82) is 5.26 Å². The van der Waals surface area contributed by atoms with E-state index in [0.29, 0.717) is 5.56 Å². The van der Waals surface area contributed by atoms with Crippen LogP contribution in [0.4, 0.5) is 5.69 Å². The molecule has 78 valence electrons. The van der Waals surface area contributed by atoms with E-state index in [9.17, 15) is 4.79 Å². The third kappa shape index (κ3) is 2.79. The molecule has 0 spiro atoms. The molecule has 0 bridgehead atoms. The zero-order chi connectivity index (χ0) is 11.3. The Morgan fingerprint density at radius 1 is 1.60 bits per heavy atom. The molecule has 1 aromatic rings. The number of anilines is 1. The molecule has 0 atom stereocenters. The number of nitrogens with one attached hydrogen (secondary N) is 1. The summed E-state index contributed by atoms with van der Waals surface area (Å²) in [7, 11) is 3.41. The predicted octanol–water partition coefficient (Wildman–Crippen LogP) is 0.740. The van der Waals surface area contributed by atoms with Gasteiger partial charge in [-0.1, -0.05) is 6.07 Å². The normalized spacial score (nSPS) is 9.40. The van der Waals surface area contributed by atoms with Gasteiger partial charge < -0.3 is 10.2 Å². The molecule has 1 amide bonds. The monoisotopic (exact) mass is 203 g/mol. The number of likely N-dealkylation sites (N-methyl/N-ethyl adjacent to an activating group) is 2. The average Bonchev–Trinajstić information content (AvgIpc) is 2.28. The smallest absolute Gasteiger partial charge is 0.240 e. The van der Waals surface area contributed by atoms with Crippen LogP contribution in [0.25, 0.3) is 0 Å². The Labute approximate surface area is 89.1 Å². The molecule has 0 saturated heterocycles. The van der Waals surface area contributed by atoms with E-state index in [-0.39, 0.29) is 12.5 Å². The van der Waals surface area contributed by atoms with Crippen LogP contribution in [-0.4, -0.2) is 26.5 Å². The van der Waals surface area contributed by atoms with E-state index in [4.69, 9.17) is 5.26 Å². The van der Waals surface area contributed by atoms with Crippen LogP contribution < -0.4 is 10.2 Å². The van der Waals surface area contributed by atoms with Gasteiger partial charge in [0.25, 0.3) is 0 Å². The van der Waals surface area contributed by atoms with Crippen molar-refractivity contribution in [2.45, 2.75) is 0 Å². The maximum absolute atomic E-state index is 11.5. The van der Waals surface area contributed by atoms with Crippen LogP contribution in [-0.2, 0) is 4.79 Å². The van der Waals surface area contributed by atoms with Crippen molar-refractivity contribution >= 4 is 11.6 Å². The average molecular weight is 203 g/mol. The van der Waals surface area contributed by atoms with Gasteiger partial charge in [-0.05, 0) is 25.2 Å². The van der Waals surface area contributed by atoms with Crippen molar-refractivity contribution in [2.75, 3.05) is 25.5 Å². The maximum atomic E-state index is 11.5. The molecule has 1 N–H and O–H groups in total. The lowest BCUT2D eigenvalue weighted by atomic mass is 10.2. The standard InChI is InChI=1S/C11H13N3O/c1-13-8-11(15)14(2)10-5-3-4-9(6-10)7-12/h3-6,13H,8H2,1-2H3. The molecule has 0 fully saturated rings. The van der Waals surface area contributed by atoms with E-state index in [0.717, 1.165) is 5.69 Å². The van der Waals surface area contributed by atoms with E-state index in [1.54, 1.807) is 38.4 Å². The zero-order valence-electron chi connectivity index (χ0n) is 8.82. The van der Waals surface area contributed by atoms with E-state index in [2.05, 4.69) is 5.32 Å². The van der Waals surface area contributed by atoms with Crippen LogP contribution in [0.5, 0.6) is 0 Å². The first kappa shape index (κ1) is 11.2. The molecule has 1 aromatic carbocycles. The molecule has 0 aliphatic heterocycles. The summed E-state index contributed by atoms with van der Waals surface area (Å²) in [6, 6.07) is 9.00. The topological polar surface area (TPSA) is 56.1 Å². The lowest BCUT2D eigenvalue weighted by Gasteiger charge is -2.17. The quantitative estimate of drug-likeness (QED) is 0.788. The second-order valence-electron chi connectivity index (χ2n) is 3.15. The highest BCUT2D eigenvalue weighted by molar-refractivity contribution is 5.94. The molecule has 0 aliphatic rings. The molecular weight excluding hydrogens is 190 g/mol. The summed E-state index contributed by atoms with van der Waals surface area (Å²) in [6.07, 6.45) is 0. The summed E-state index contributed by atoms with van der Waals surface area (Å²) in [5, 5.41) is 11.5. The first-order valence-electron chi connectivity index (χ1n) is 4.60. The van der Waals surface area contributed by atoms with Crippen molar-refractivity contribution in [2.24, 2.45) is 0 Å². The van der Waals surface area contributed by atoms with Gasteiger partial charge in [0.2, 0.25) is 5.91 Å². The summed E-state index contributed by atoms with van der Waals surface area (Å²) in [6.45, 7) is 0.285. The Kier molecular flexibility index (Phi) is 3.83. The minimum atomic E-state index is -0.0346. The van der Waals surface area contributed by atoms with Gasteiger partial charge in [0.15, 0.2) is 0 Å². The van der Waals surface area contributed by atoms with Crippen LogP contribution in [0.2, 0.25) is 0 Å². The van der Waals surface area contributed by atoms with Crippen LogP contribution in [0, 0.1) is 11.3 Å². The van der Waals surface area contributed by atoms with Gasteiger partial charge in [-0.15, -0.1) is 0 Å². The van der Waals surface area contributed by atoms with Crippen LogP contribution in [0.15, 0.2) is 24.3 Å². The summed E-state index contributed by atoms with van der Waals surface area (Å²) >= 11 is 0. The maximum Gasteiger partial charge on any atom is 0.240 e. The van der Waals surface area contributed by atoms with E-state index < -0.39 is 0 Å². The van der Waals surface area contributed by atoms with Gasteiger partial charge in [-0.2, -0.15) is 5.26 Å². The molecule has 0 aliphatic carbocycles. The SMILES string of the molecule is CNCC(=O)N(C)c1cccc(C#N)c1. The Morgan fingerprint density at radius 2 is 2.33 bits per heavy atom. The van der Waals surface area contributed by atoms with E-state index in [1.807, 2.05) is 6.07 Å². The Balaban J connectivity index is 2.87. The summed E-state index contributed by atoms with van der Waals surface area (Å²) in [5.74, 6) is -0.0346. The summed E-state index contributed by atoms with van der Waals surface area (Å²) in [4.78, 5) is 13.0. The molecule has 1 rings (SSSR count). The van der Waals surface area contributed by atoms with Crippen molar-refractivity contribution in [3.63, 3.8) is 0 Å². The zero-order valence-corrected chi connectivity index (χ0v) is 8.82. The minimum absolute atomic E-state index is 0.0346. The van der Waals surface area contributed by atoms with Crippen molar-refractivity contribution in [3.8, 4) is 6.07 Å². The van der Waals surface area contributed by atoms with Crippen molar-refractivity contribution in [3.05, 3.63) is 29.8 Å². The molecule has 0 heterocycles. The number of carbonyl (C=O) groups is 1. The number of amides is 1. The van der Waals surface area contributed by atoms with Gasteiger partial charge in [-0.3, -0.25) is 4.79 Å². The van der Waals surface area contributed by atoms with Gasteiger partial charge in [0.05, 0.1) is 18.2 Å². The molecule has 0 aromatic heterocycles. The van der Waals surface area contributed by atoms with E-state index >= 15 is 0 Å². The number of hydrogen-bond acceptors (Lipinski definition) is 3. The fourth-order valence-electron chi connectivity index (χ4n) is 1.20. The molecule has 15 heavy (non-hydrogen) atoms. The van der Waals surface area contributed by atoms with E-state index in [1.165, 1.54) is 4.90 Å². The molecule has 4 nitrogen and oxygen atoms in total. The van der Waals surface area contributed by atoms with Gasteiger partial charge in [0.1, 0.15) is 0 Å². The Morgan fingerprint density at radius 3 is 2.93 bits per heavy atom. The molecule has 0 saturated carbocycles. The number of hydrogen-bond donors (Lipinski definition) is 1. The number of carbonyl (C=O) groups excluding carboxylic acids is 1. The summed E-state index contributed by atoms with van der Waals surface area (Å²) in [5.41, 5.74) is 1.28. The van der Waals surface area contributed by atoms with Crippen LogP contribution in [0.1, 0.15) is 5.56 Å². The summed E-state index contributed by atoms with van der Waals surface area (Å²) < 4.78 is 0. The highest BCUT2D eigenvalue weighted by Gasteiger charge is 2.09. The first-order chi connectivity index (χ1) is 7.19. The lowest BCUT2D eigenvalue weighted by molar-refractivity contribution is -0.117. The molecule has 4 heteroatoms. The Hall–Kier alpha value is -1.86. The number of benzene rings is 1. The highest BCUT2D eigenvalue weighted by atomic mass is 16.2. The van der Waals surface area contributed by atoms with Gasteiger partial charge in [0, 0.05) is 12.7 Å². The highest BCUT2D eigenvalue weighted by Crippen LogP contribution is 2.14. The van der Waals surface area contributed by atoms with Gasteiger partial charge >= 0.3 is 0 Å². The number of nitrogens with zero attached hydrogens (tertiary/aromatic N) is 2. The second-order valence-corrected chi connectivity index (χ2v) is 3.15. The molecule has 0 radical (unpaired) electrons. The van der Waals surface area contributed by atoms with Crippen LogP contribution in [0.3, 0.4) is 0 Å². The first-order valence-corrected chi connectivity index (χ1v) is 4.60.